The minimum Gasteiger partial charge on any atom is -0.324 e. The number of halogens is 1. The monoisotopic (exact) mass is 353 g/mol. The molecule has 2 fully saturated rings. The van der Waals surface area contributed by atoms with Crippen molar-refractivity contribution >= 4 is 17.5 Å². The molecule has 134 valence electrons. The van der Waals surface area contributed by atoms with Crippen LogP contribution in [0, 0.1) is 5.82 Å². The van der Waals surface area contributed by atoms with E-state index in [0.717, 1.165) is 25.9 Å². The second-order valence-electron chi connectivity index (χ2n) is 7.14. The quantitative estimate of drug-likeness (QED) is 0.857. The Morgan fingerprint density at radius 3 is 2.23 bits per heavy atom. The van der Waals surface area contributed by atoms with E-state index in [-0.39, 0.29) is 30.1 Å². The Bertz CT molecular complexity index is 799. The first kappa shape index (κ1) is 16.9. The molecule has 26 heavy (non-hydrogen) atoms. The highest BCUT2D eigenvalue weighted by molar-refractivity contribution is 6.21. The first-order valence-electron chi connectivity index (χ1n) is 9.15. The van der Waals surface area contributed by atoms with Gasteiger partial charge < -0.3 is 4.90 Å². The number of amides is 2. The predicted molar refractivity (Wildman–Crippen MR) is 96.4 cm³/mol. The van der Waals surface area contributed by atoms with Crippen molar-refractivity contribution in [3.63, 3.8) is 0 Å². The fraction of sp³-hybridized carbons (Fsp3) is 0.333. The SMILES string of the molecule is O=C1C[C@@H]([NH+]2CCC(c3ccccc3)CC2)C(=O)N1c1ccc(F)cc1. The molecule has 0 bridgehead atoms. The smallest absolute Gasteiger partial charge is 0.292 e. The molecule has 2 amide bonds. The summed E-state index contributed by atoms with van der Waals surface area (Å²) in [4.78, 5) is 27.7. The van der Waals surface area contributed by atoms with Gasteiger partial charge >= 0.3 is 0 Å². The average Bonchev–Trinajstić information content (AvgIpc) is 2.98. The molecule has 1 atom stereocenters. The minimum atomic E-state index is -0.377. The van der Waals surface area contributed by atoms with Gasteiger partial charge in [0, 0.05) is 12.8 Å². The normalized spacial score (nSPS) is 26.3. The van der Waals surface area contributed by atoms with Gasteiger partial charge in [-0.05, 0) is 35.7 Å². The molecular formula is C21H22FN2O2+. The van der Waals surface area contributed by atoms with Crippen molar-refractivity contribution in [2.75, 3.05) is 18.0 Å². The number of carbonyl (C=O) groups excluding carboxylic acids is 2. The summed E-state index contributed by atoms with van der Waals surface area (Å²) in [6.45, 7) is 1.78. The van der Waals surface area contributed by atoms with Crippen LogP contribution in [0.4, 0.5) is 10.1 Å². The summed E-state index contributed by atoms with van der Waals surface area (Å²) in [5.74, 6) is -0.197. The highest BCUT2D eigenvalue weighted by atomic mass is 19.1. The van der Waals surface area contributed by atoms with Crippen LogP contribution in [0.2, 0.25) is 0 Å². The zero-order valence-corrected chi connectivity index (χ0v) is 14.5. The second-order valence-corrected chi connectivity index (χ2v) is 7.14. The van der Waals surface area contributed by atoms with E-state index < -0.39 is 0 Å². The van der Waals surface area contributed by atoms with E-state index in [1.165, 1.54) is 39.6 Å². The van der Waals surface area contributed by atoms with Crippen molar-refractivity contribution in [3.8, 4) is 0 Å². The Labute approximate surface area is 152 Å². The van der Waals surface area contributed by atoms with Gasteiger partial charge in [0.25, 0.3) is 5.91 Å². The fourth-order valence-corrected chi connectivity index (χ4v) is 4.21. The number of likely N-dealkylation sites (tertiary alicyclic amines) is 1. The fourth-order valence-electron chi connectivity index (χ4n) is 4.21. The van der Waals surface area contributed by atoms with E-state index in [1.54, 1.807) is 0 Å². The lowest BCUT2D eigenvalue weighted by Crippen LogP contribution is -3.17. The summed E-state index contributed by atoms with van der Waals surface area (Å²) in [6.07, 6.45) is 2.28. The van der Waals surface area contributed by atoms with Gasteiger partial charge in [-0.1, -0.05) is 30.3 Å². The first-order valence-corrected chi connectivity index (χ1v) is 9.15. The lowest BCUT2D eigenvalue weighted by Gasteiger charge is -2.32. The number of benzene rings is 2. The van der Waals surface area contributed by atoms with Gasteiger partial charge in [-0.25, -0.2) is 9.29 Å². The largest absolute Gasteiger partial charge is 0.324 e. The highest BCUT2D eigenvalue weighted by Crippen LogP contribution is 2.26. The molecule has 4 rings (SSSR count). The summed E-state index contributed by atoms with van der Waals surface area (Å²) in [6, 6.07) is 15.7. The Kier molecular flexibility index (Phi) is 4.55. The Balaban J connectivity index is 1.44. The van der Waals surface area contributed by atoms with Crippen LogP contribution in [0.25, 0.3) is 0 Å². The lowest BCUT2D eigenvalue weighted by atomic mass is 9.89. The van der Waals surface area contributed by atoms with Crippen molar-refractivity contribution in [3.05, 3.63) is 66.0 Å². The molecule has 2 aliphatic heterocycles. The van der Waals surface area contributed by atoms with Gasteiger partial charge in [-0.3, -0.25) is 9.59 Å². The number of anilines is 1. The molecule has 0 unspecified atom stereocenters. The molecule has 0 saturated carbocycles. The number of imide groups is 1. The average molecular weight is 353 g/mol. The van der Waals surface area contributed by atoms with Crippen LogP contribution in [-0.2, 0) is 9.59 Å². The maximum absolute atomic E-state index is 13.1. The van der Waals surface area contributed by atoms with Crippen molar-refractivity contribution < 1.29 is 18.9 Å². The van der Waals surface area contributed by atoms with Gasteiger partial charge in [0.05, 0.1) is 25.2 Å². The van der Waals surface area contributed by atoms with Gasteiger partial charge in [0.1, 0.15) is 5.82 Å². The molecule has 0 aromatic heterocycles. The molecule has 1 N–H and O–H groups in total. The van der Waals surface area contributed by atoms with Crippen molar-refractivity contribution in [1.82, 2.24) is 0 Å². The van der Waals surface area contributed by atoms with Crippen molar-refractivity contribution in [2.45, 2.75) is 31.2 Å². The number of carbonyl (C=O) groups is 2. The van der Waals surface area contributed by atoms with Crippen LogP contribution < -0.4 is 9.80 Å². The van der Waals surface area contributed by atoms with Crippen molar-refractivity contribution in [1.29, 1.82) is 0 Å². The second kappa shape index (κ2) is 7.00. The summed E-state index contributed by atoms with van der Waals surface area (Å²) in [7, 11) is 0. The van der Waals surface area contributed by atoms with E-state index in [2.05, 4.69) is 24.3 Å². The summed E-state index contributed by atoms with van der Waals surface area (Å²) >= 11 is 0. The molecule has 2 aromatic rings. The topological polar surface area (TPSA) is 41.8 Å². The summed E-state index contributed by atoms with van der Waals surface area (Å²) < 4.78 is 13.1. The standard InChI is InChI=1S/C21H21FN2O2/c22-17-6-8-18(9-7-17)24-20(25)14-19(21(24)26)23-12-10-16(11-13-23)15-4-2-1-3-5-15/h1-9,16,19H,10-14H2/p+1/t19-/m1/s1. The van der Waals surface area contributed by atoms with Gasteiger partial charge in [-0.2, -0.15) is 0 Å². The van der Waals surface area contributed by atoms with E-state index in [0.29, 0.717) is 11.6 Å². The highest BCUT2D eigenvalue weighted by Gasteiger charge is 2.46. The van der Waals surface area contributed by atoms with Gasteiger partial charge in [0.2, 0.25) is 5.91 Å². The number of hydrogen-bond acceptors (Lipinski definition) is 2. The molecule has 2 aromatic carbocycles. The van der Waals surface area contributed by atoms with E-state index >= 15 is 0 Å². The third-order valence-corrected chi connectivity index (χ3v) is 5.62. The Morgan fingerprint density at radius 2 is 1.58 bits per heavy atom. The van der Waals surface area contributed by atoms with Crippen LogP contribution in [0.3, 0.4) is 0 Å². The Hall–Kier alpha value is -2.53. The van der Waals surface area contributed by atoms with Crippen molar-refractivity contribution in [2.24, 2.45) is 0 Å². The molecule has 2 saturated heterocycles. The van der Waals surface area contributed by atoms with Crippen LogP contribution in [0.1, 0.15) is 30.7 Å². The van der Waals surface area contributed by atoms with Crippen LogP contribution in [-0.4, -0.2) is 30.9 Å². The number of quaternary nitrogens is 1. The molecule has 4 nitrogen and oxygen atoms in total. The maximum Gasteiger partial charge on any atom is 0.292 e. The minimum absolute atomic E-state index is 0.158. The maximum atomic E-state index is 13.1. The number of nitrogens with zero attached hydrogens (tertiary/aromatic N) is 1. The molecule has 2 aliphatic rings. The number of rotatable bonds is 3. The van der Waals surface area contributed by atoms with Crippen LogP contribution in [0.5, 0.6) is 0 Å². The number of piperidine rings is 1. The number of hydrogen-bond donors (Lipinski definition) is 1. The molecule has 0 radical (unpaired) electrons. The van der Waals surface area contributed by atoms with E-state index in [4.69, 9.17) is 0 Å². The molecule has 5 heteroatoms. The molecular weight excluding hydrogens is 331 g/mol. The zero-order valence-electron chi connectivity index (χ0n) is 14.5. The lowest BCUT2D eigenvalue weighted by molar-refractivity contribution is -0.920. The number of nitrogens with one attached hydrogen (secondary N) is 1. The summed E-state index contributed by atoms with van der Waals surface area (Å²) in [5.41, 5.74) is 1.82. The summed E-state index contributed by atoms with van der Waals surface area (Å²) in [5, 5.41) is 0. The van der Waals surface area contributed by atoms with Crippen LogP contribution in [0.15, 0.2) is 54.6 Å². The van der Waals surface area contributed by atoms with E-state index in [9.17, 15) is 14.0 Å². The third-order valence-electron chi connectivity index (χ3n) is 5.62. The van der Waals surface area contributed by atoms with Crippen LogP contribution >= 0.6 is 0 Å². The Morgan fingerprint density at radius 1 is 0.923 bits per heavy atom. The molecule has 2 heterocycles. The third kappa shape index (κ3) is 3.15. The first-order chi connectivity index (χ1) is 12.6. The van der Waals surface area contributed by atoms with Gasteiger partial charge in [-0.15, -0.1) is 0 Å². The zero-order chi connectivity index (χ0) is 18.1. The predicted octanol–water partition coefficient (Wildman–Crippen LogP) is 1.92. The molecule has 0 aliphatic carbocycles. The van der Waals surface area contributed by atoms with Gasteiger partial charge in [0.15, 0.2) is 6.04 Å². The molecule has 0 spiro atoms. The van der Waals surface area contributed by atoms with E-state index in [1.807, 2.05) is 6.07 Å².